The van der Waals surface area contributed by atoms with Gasteiger partial charge in [-0.1, -0.05) is 19.9 Å². The number of hydrogen-bond acceptors (Lipinski definition) is 3. The van der Waals surface area contributed by atoms with Crippen LogP contribution < -0.4 is 5.32 Å². The summed E-state index contributed by atoms with van der Waals surface area (Å²) in [6.07, 6.45) is 4.25. The Morgan fingerprint density at radius 2 is 2.27 bits per heavy atom. The standard InChI is InChI=1S/C12H18N2O/c1-9(2)14-12(10(3)15)7-11-5-4-6-13-8-11/h4-6,8-9,12,14H,7H2,1-3H3/t12-/m0/s1. The fourth-order valence-corrected chi connectivity index (χ4v) is 1.48. The highest BCUT2D eigenvalue weighted by molar-refractivity contribution is 5.81. The quantitative estimate of drug-likeness (QED) is 0.795. The lowest BCUT2D eigenvalue weighted by Gasteiger charge is -2.18. The maximum atomic E-state index is 11.4. The molecule has 0 radical (unpaired) electrons. The summed E-state index contributed by atoms with van der Waals surface area (Å²) in [5.74, 6) is 0.174. The molecule has 0 unspecified atom stereocenters. The van der Waals surface area contributed by atoms with Crippen LogP contribution >= 0.6 is 0 Å². The normalized spacial score (nSPS) is 12.8. The fraction of sp³-hybridized carbons (Fsp3) is 0.500. The number of aromatic nitrogens is 1. The topological polar surface area (TPSA) is 42.0 Å². The number of carbonyl (C=O) groups is 1. The zero-order chi connectivity index (χ0) is 11.3. The van der Waals surface area contributed by atoms with Gasteiger partial charge in [-0.25, -0.2) is 0 Å². The highest BCUT2D eigenvalue weighted by atomic mass is 16.1. The van der Waals surface area contributed by atoms with E-state index >= 15 is 0 Å². The molecular formula is C12H18N2O. The second kappa shape index (κ2) is 5.61. The molecule has 15 heavy (non-hydrogen) atoms. The Morgan fingerprint density at radius 1 is 1.53 bits per heavy atom. The van der Waals surface area contributed by atoms with Crippen LogP contribution in [-0.4, -0.2) is 22.9 Å². The predicted octanol–water partition coefficient (Wildman–Crippen LogP) is 1.58. The van der Waals surface area contributed by atoms with Crippen LogP contribution in [0.2, 0.25) is 0 Å². The summed E-state index contributed by atoms with van der Waals surface area (Å²) in [7, 11) is 0. The van der Waals surface area contributed by atoms with Crippen LogP contribution in [0.5, 0.6) is 0 Å². The van der Waals surface area contributed by atoms with Gasteiger partial charge in [-0.3, -0.25) is 9.78 Å². The summed E-state index contributed by atoms with van der Waals surface area (Å²) in [5, 5.41) is 3.25. The van der Waals surface area contributed by atoms with Crippen LogP contribution in [-0.2, 0) is 11.2 Å². The van der Waals surface area contributed by atoms with Crippen molar-refractivity contribution < 1.29 is 4.79 Å². The third-order valence-corrected chi connectivity index (χ3v) is 2.19. The van der Waals surface area contributed by atoms with Gasteiger partial charge in [-0.05, 0) is 25.0 Å². The van der Waals surface area contributed by atoms with Crippen LogP contribution in [0.1, 0.15) is 26.3 Å². The Kier molecular flexibility index (Phi) is 4.43. The van der Waals surface area contributed by atoms with Crippen molar-refractivity contribution in [3.05, 3.63) is 30.1 Å². The van der Waals surface area contributed by atoms with Gasteiger partial charge < -0.3 is 5.32 Å². The fourth-order valence-electron chi connectivity index (χ4n) is 1.48. The minimum Gasteiger partial charge on any atom is -0.305 e. The Labute approximate surface area is 90.9 Å². The van der Waals surface area contributed by atoms with E-state index in [0.29, 0.717) is 12.5 Å². The minimum absolute atomic E-state index is 0.103. The van der Waals surface area contributed by atoms with Gasteiger partial charge in [0.05, 0.1) is 6.04 Å². The molecule has 1 aromatic heterocycles. The Hall–Kier alpha value is -1.22. The van der Waals surface area contributed by atoms with E-state index in [0.717, 1.165) is 5.56 Å². The lowest BCUT2D eigenvalue weighted by molar-refractivity contribution is -0.119. The monoisotopic (exact) mass is 206 g/mol. The summed E-state index contributed by atoms with van der Waals surface area (Å²) < 4.78 is 0. The van der Waals surface area contributed by atoms with Crippen LogP contribution in [0.25, 0.3) is 0 Å². The molecule has 3 nitrogen and oxygen atoms in total. The number of ketones is 1. The molecule has 0 aliphatic carbocycles. The number of Topliss-reactive ketones (excluding diaryl/α,β-unsaturated/α-hetero) is 1. The molecule has 1 N–H and O–H groups in total. The Morgan fingerprint density at radius 3 is 2.73 bits per heavy atom. The van der Waals surface area contributed by atoms with Gasteiger partial charge in [-0.15, -0.1) is 0 Å². The molecule has 0 aliphatic heterocycles. The molecule has 0 fully saturated rings. The van der Waals surface area contributed by atoms with Gasteiger partial charge in [0.1, 0.15) is 5.78 Å². The molecule has 0 bridgehead atoms. The second-order valence-electron chi connectivity index (χ2n) is 4.05. The Balaban J connectivity index is 2.63. The first-order chi connectivity index (χ1) is 7.09. The van der Waals surface area contributed by atoms with Crippen LogP contribution in [0.3, 0.4) is 0 Å². The number of nitrogens with zero attached hydrogens (tertiary/aromatic N) is 1. The largest absolute Gasteiger partial charge is 0.305 e. The molecule has 1 rings (SSSR count). The first-order valence-corrected chi connectivity index (χ1v) is 5.25. The van der Waals surface area contributed by atoms with Crippen molar-refractivity contribution in [1.29, 1.82) is 0 Å². The maximum absolute atomic E-state index is 11.4. The highest BCUT2D eigenvalue weighted by Crippen LogP contribution is 2.03. The van der Waals surface area contributed by atoms with Gasteiger partial charge in [0.15, 0.2) is 0 Å². The van der Waals surface area contributed by atoms with E-state index in [4.69, 9.17) is 0 Å². The van der Waals surface area contributed by atoms with Crippen molar-refractivity contribution in [1.82, 2.24) is 10.3 Å². The molecule has 3 heteroatoms. The molecule has 82 valence electrons. The number of pyridine rings is 1. The number of hydrogen-bond donors (Lipinski definition) is 1. The third kappa shape index (κ3) is 4.21. The number of carbonyl (C=O) groups excluding carboxylic acids is 1. The molecule has 1 aromatic rings. The first-order valence-electron chi connectivity index (χ1n) is 5.25. The average molecular weight is 206 g/mol. The lowest BCUT2D eigenvalue weighted by atomic mass is 10.0. The van der Waals surface area contributed by atoms with Crippen LogP contribution in [0.4, 0.5) is 0 Å². The third-order valence-electron chi connectivity index (χ3n) is 2.19. The van der Waals surface area contributed by atoms with Crippen molar-refractivity contribution in [2.24, 2.45) is 0 Å². The van der Waals surface area contributed by atoms with E-state index in [1.807, 2.05) is 26.0 Å². The summed E-state index contributed by atoms with van der Waals surface area (Å²) >= 11 is 0. The van der Waals surface area contributed by atoms with Crippen molar-refractivity contribution in [3.63, 3.8) is 0 Å². The number of rotatable bonds is 5. The van der Waals surface area contributed by atoms with E-state index < -0.39 is 0 Å². The molecule has 1 heterocycles. The molecular weight excluding hydrogens is 188 g/mol. The predicted molar refractivity (Wildman–Crippen MR) is 60.7 cm³/mol. The Bertz CT molecular complexity index is 309. The molecule has 0 aliphatic rings. The zero-order valence-corrected chi connectivity index (χ0v) is 9.53. The molecule has 1 atom stereocenters. The highest BCUT2D eigenvalue weighted by Gasteiger charge is 2.15. The van der Waals surface area contributed by atoms with E-state index in [9.17, 15) is 4.79 Å². The molecule has 0 saturated carbocycles. The minimum atomic E-state index is -0.103. The second-order valence-corrected chi connectivity index (χ2v) is 4.05. The summed E-state index contributed by atoms with van der Waals surface area (Å²) in [6, 6.07) is 4.09. The smallest absolute Gasteiger partial charge is 0.147 e. The van der Waals surface area contributed by atoms with Crippen LogP contribution in [0.15, 0.2) is 24.5 Å². The zero-order valence-electron chi connectivity index (χ0n) is 9.53. The SMILES string of the molecule is CC(=O)[C@H](Cc1cccnc1)NC(C)C. The lowest BCUT2D eigenvalue weighted by Crippen LogP contribution is -2.41. The van der Waals surface area contributed by atoms with Crippen molar-refractivity contribution in [2.75, 3.05) is 0 Å². The molecule has 0 aromatic carbocycles. The van der Waals surface area contributed by atoms with Crippen molar-refractivity contribution in [2.45, 2.75) is 39.3 Å². The summed E-state index contributed by atoms with van der Waals surface area (Å²) in [6.45, 7) is 5.70. The molecule has 0 spiro atoms. The van der Waals surface area contributed by atoms with Crippen molar-refractivity contribution in [3.8, 4) is 0 Å². The molecule has 0 amide bonds. The molecule has 0 saturated heterocycles. The van der Waals surface area contributed by atoms with Gasteiger partial charge in [0.2, 0.25) is 0 Å². The van der Waals surface area contributed by atoms with Gasteiger partial charge >= 0.3 is 0 Å². The average Bonchev–Trinajstić information content (AvgIpc) is 2.17. The van der Waals surface area contributed by atoms with Gasteiger partial charge in [0, 0.05) is 18.4 Å². The van der Waals surface area contributed by atoms with Crippen molar-refractivity contribution >= 4 is 5.78 Å². The summed E-state index contributed by atoms with van der Waals surface area (Å²) in [5.41, 5.74) is 1.09. The van der Waals surface area contributed by atoms with Gasteiger partial charge in [-0.2, -0.15) is 0 Å². The van der Waals surface area contributed by atoms with E-state index in [2.05, 4.69) is 10.3 Å². The van der Waals surface area contributed by atoms with E-state index in [1.165, 1.54) is 0 Å². The van der Waals surface area contributed by atoms with E-state index in [1.54, 1.807) is 19.3 Å². The number of nitrogens with one attached hydrogen (secondary N) is 1. The first kappa shape index (κ1) is 11.9. The summed E-state index contributed by atoms with van der Waals surface area (Å²) in [4.78, 5) is 15.4. The van der Waals surface area contributed by atoms with E-state index in [-0.39, 0.29) is 11.8 Å². The van der Waals surface area contributed by atoms with Crippen LogP contribution in [0, 0.1) is 0 Å². The maximum Gasteiger partial charge on any atom is 0.147 e. The van der Waals surface area contributed by atoms with Gasteiger partial charge in [0.25, 0.3) is 0 Å².